The van der Waals surface area contributed by atoms with Crippen LogP contribution in [0.15, 0.2) is 0 Å². The van der Waals surface area contributed by atoms with E-state index < -0.39 is 0 Å². The predicted octanol–water partition coefficient (Wildman–Crippen LogP) is 2.39. The normalized spacial score (nSPS) is 9.08. The zero-order chi connectivity index (χ0) is 9.78. The topological polar surface area (TPSA) is 56.8 Å². The molecule has 3 nitrogen and oxygen atoms in total. The largest absolute Gasteiger partial charge is 0.380 e. The molecule has 3 heteroatoms. The Kier molecular flexibility index (Phi) is 10.0. The lowest BCUT2D eigenvalue weighted by Gasteiger charge is -2.00. The Hall–Kier alpha value is -1.06. The van der Waals surface area contributed by atoms with Crippen molar-refractivity contribution in [3.8, 4) is 12.1 Å². The van der Waals surface area contributed by atoms with E-state index in [1.165, 1.54) is 0 Å². The van der Waals surface area contributed by atoms with E-state index in [-0.39, 0.29) is 0 Å². The van der Waals surface area contributed by atoms with Gasteiger partial charge in [0.05, 0.1) is 25.2 Å². The van der Waals surface area contributed by atoms with Crippen LogP contribution in [0.3, 0.4) is 0 Å². The molecule has 0 aliphatic heterocycles. The van der Waals surface area contributed by atoms with Crippen LogP contribution in [0, 0.1) is 22.7 Å². The number of rotatable bonds is 8. The second-order valence-corrected chi connectivity index (χ2v) is 2.84. The average Bonchev–Trinajstić information content (AvgIpc) is 2.16. The molecule has 0 N–H and O–H groups in total. The third kappa shape index (κ3) is 10.9. The molecule has 0 aromatic rings. The van der Waals surface area contributed by atoms with Crippen LogP contribution in [0.2, 0.25) is 0 Å². The molecule has 0 aromatic heterocycles. The molecule has 0 aliphatic rings. The number of nitrogens with zero attached hydrogens (tertiary/aromatic N) is 2. The summed E-state index contributed by atoms with van der Waals surface area (Å²) in [6, 6.07) is 4.14. The fraction of sp³-hybridized carbons (Fsp3) is 0.800. The highest BCUT2D eigenvalue weighted by Gasteiger charge is 1.90. The highest BCUT2D eigenvalue weighted by Crippen LogP contribution is 2.02. The minimum absolute atomic E-state index is 0.481. The maximum absolute atomic E-state index is 8.26. The summed E-state index contributed by atoms with van der Waals surface area (Å²) in [6.45, 7) is 1.29. The Bertz CT molecular complexity index is 158. The molecular formula is C10H16N2O. The summed E-state index contributed by atoms with van der Waals surface area (Å²) in [5, 5.41) is 16.5. The van der Waals surface area contributed by atoms with Crippen molar-refractivity contribution in [2.24, 2.45) is 0 Å². The average molecular weight is 180 g/mol. The standard InChI is InChI=1S/C10H16N2O/c11-7-4-2-1-3-5-9-13-10-6-8-12/h1-6,9-10H2. The Morgan fingerprint density at radius 2 is 1.46 bits per heavy atom. The number of ether oxygens (including phenoxy) is 1. The number of hydrogen-bond donors (Lipinski definition) is 0. The lowest BCUT2D eigenvalue weighted by atomic mass is 10.2. The fourth-order valence-electron chi connectivity index (χ4n) is 0.982. The molecule has 0 amide bonds. The number of hydrogen-bond acceptors (Lipinski definition) is 3. The monoisotopic (exact) mass is 180 g/mol. The van der Waals surface area contributed by atoms with Gasteiger partial charge in [-0.2, -0.15) is 10.5 Å². The van der Waals surface area contributed by atoms with Crippen molar-refractivity contribution in [3.63, 3.8) is 0 Å². The predicted molar refractivity (Wildman–Crippen MR) is 49.7 cm³/mol. The molecule has 13 heavy (non-hydrogen) atoms. The zero-order valence-corrected chi connectivity index (χ0v) is 7.96. The number of nitriles is 2. The van der Waals surface area contributed by atoms with E-state index in [2.05, 4.69) is 6.07 Å². The van der Waals surface area contributed by atoms with Gasteiger partial charge in [-0.15, -0.1) is 0 Å². The smallest absolute Gasteiger partial charge is 0.0645 e. The van der Waals surface area contributed by atoms with Gasteiger partial charge in [0.2, 0.25) is 0 Å². The van der Waals surface area contributed by atoms with Crippen LogP contribution in [-0.4, -0.2) is 13.2 Å². The summed E-state index contributed by atoms with van der Waals surface area (Å²) in [7, 11) is 0. The summed E-state index contributed by atoms with van der Waals surface area (Å²) in [5.41, 5.74) is 0. The van der Waals surface area contributed by atoms with E-state index in [0.29, 0.717) is 19.4 Å². The van der Waals surface area contributed by atoms with Crippen molar-refractivity contribution in [3.05, 3.63) is 0 Å². The molecule has 72 valence electrons. The van der Waals surface area contributed by atoms with Crippen LogP contribution in [0.5, 0.6) is 0 Å². The fourth-order valence-corrected chi connectivity index (χ4v) is 0.982. The Labute approximate surface area is 79.9 Å². The van der Waals surface area contributed by atoms with E-state index in [0.717, 1.165) is 32.3 Å². The summed E-state index contributed by atoms with van der Waals surface area (Å²) < 4.78 is 5.19. The molecule has 0 aromatic carbocycles. The second-order valence-electron chi connectivity index (χ2n) is 2.84. The van der Waals surface area contributed by atoms with Gasteiger partial charge in [-0.05, 0) is 12.8 Å². The Morgan fingerprint density at radius 3 is 2.15 bits per heavy atom. The number of unbranched alkanes of at least 4 members (excludes halogenated alkanes) is 4. The van der Waals surface area contributed by atoms with Crippen molar-refractivity contribution in [1.29, 1.82) is 10.5 Å². The molecule has 0 fully saturated rings. The first kappa shape index (κ1) is 11.9. The van der Waals surface area contributed by atoms with Crippen molar-refractivity contribution in [2.45, 2.75) is 38.5 Å². The van der Waals surface area contributed by atoms with Gasteiger partial charge in [-0.3, -0.25) is 0 Å². The Morgan fingerprint density at radius 1 is 0.769 bits per heavy atom. The SMILES string of the molecule is N#CCCCCCCOCCC#N. The third-order valence-corrected chi connectivity index (χ3v) is 1.69. The van der Waals surface area contributed by atoms with Gasteiger partial charge in [0.1, 0.15) is 0 Å². The van der Waals surface area contributed by atoms with Gasteiger partial charge in [-0.25, -0.2) is 0 Å². The third-order valence-electron chi connectivity index (χ3n) is 1.69. The first-order chi connectivity index (χ1) is 6.41. The first-order valence-corrected chi connectivity index (χ1v) is 4.73. The van der Waals surface area contributed by atoms with Crippen LogP contribution in [0.25, 0.3) is 0 Å². The van der Waals surface area contributed by atoms with Crippen LogP contribution in [-0.2, 0) is 4.74 Å². The van der Waals surface area contributed by atoms with Crippen molar-refractivity contribution in [1.82, 2.24) is 0 Å². The van der Waals surface area contributed by atoms with Crippen molar-refractivity contribution in [2.75, 3.05) is 13.2 Å². The molecular weight excluding hydrogens is 164 g/mol. The highest BCUT2D eigenvalue weighted by atomic mass is 16.5. The summed E-state index contributed by atoms with van der Waals surface area (Å²) in [6.07, 6.45) is 5.40. The molecule has 0 aliphatic carbocycles. The van der Waals surface area contributed by atoms with E-state index in [4.69, 9.17) is 15.3 Å². The molecule has 0 heterocycles. The van der Waals surface area contributed by atoms with E-state index in [1.807, 2.05) is 6.07 Å². The minimum atomic E-state index is 0.481. The lowest BCUT2D eigenvalue weighted by molar-refractivity contribution is 0.135. The maximum atomic E-state index is 8.26. The molecule has 0 bridgehead atoms. The van der Waals surface area contributed by atoms with E-state index in [1.54, 1.807) is 0 Å². The van der Waals surface area contributed by atoms with Crippen LogP contribution in [0.1, 0.15) is 38.5 Å². The molecule has 0 saturated heterocycles. The maximum Gasteiger partial charge on any atom is 0.0645 e. The lowest BCUT2D eigenvalue weighted by Crippen LogP contribution is -1.95. The zero-order valence-electron chi connectivity index (χ0n) is 7.96. The summed E-state index contributed by atoms with van der Waals surface area (Å²) >= 11 is 0. The second kappa shape index (κ2) is 10.9. The van der Waals surface area contributed by atoms with Crippen molar-refractivity contribution < 1.29 is 4.74 Å². The molecule has 0 saturated carbocycles. The molecule has 0 radical (unpaired) electrons. The molecule has 0 atom stereocenters. The van der Waals surface area contributed by atoms with Crippen LogP contribution < -0.4 is 0 Å². The van der Waals surface area contributed by atoms with Gasteiger partial charge in [0.15, 0.2) is 0 Å². The first-order valence-electron chi connectivity index (χ1n) is 4.73. The van der Waals surface area contributed by atoms with Crippen LogP contribution in [0.4, 0.5) is 0 Å². The summed E-state index contributed by atoms with van der Waals surface area (Å²) in [5.74, 6) is 0. The quantitative estimate of drug-likeness (QED) is 0.539. The summed E-state index contributed by atoms with van der Waals surface area (Å²) in [4.78, 5) is 0. The van der Waals surface area contributed by atoms with Gasteiger partial charge < -0.3 is 4.74 Å². The van der Waals surface area contributed by atoms with Gasteiger partial charge in [0, 0.05) is 13.0 Å². The van der Waals surface area contributed by atoms with E-state index in [9.17, 15) is 0 Å². The van der Waals surface area contributed by atoms with E-state index >= 15 is 0 Å². The van der Waals surface area contributed by atoms with Gasteiger partial charge in [-0.1, -0.05) is 12.8 Å². The molecule has 0 rings (SSSR count). The molecule has 0 unspecified atom stereocenters. The van der Waals surface area contributed by atoms with Crippen LogP contribution >= 0.6 is 0 Å². The Balaban J connectivity index is 2.85. The van der Waals surface area contributed by atoms with Crippen molar-refractivity contribution >= 4 is 0 Å². The van der Waals surface area contributed by atoms with Gasteiger partial charge >= 0.3 is 0 Å². The highest BCUT2D eigenvalue weighted by molar-refractivity contribution is 4.68. The minimum Gasteiger partial charge on any atom is -0.380 e. The molecule has 0 spiro atoms. The van der Waals surface area contributed by atoms with Gasteiger partial charge in [0.25, 0.3) is 0 Å².